The molecule has 1 aromatic rings. The second kappa shape index (κ2) is 7.19. The molecule has 1 aromatic carbocycles. The fraction of sp³-hybridized carbons (Fsp3) is 0.538. The summed E-state index contributed by atoms with van der Waals surface area (Å²) < 4.78 is 19.1. The van der Waals surface area contributed by atoms with E-state index in [0.717, 1.165) is 5.56 Å². The normalized spacial score (nSPS) is 14.8. The molecule has 3 N–H and O–H groups in total. The van der Waals surface area contributed by atoms with Gasteiger partial charge in [-0.3, -0.25) is 11.3 Å². The highest BCUT2D eigenvalue weighted by atomic mass is 79.9. The molecule has 0 saturated carbocycles. The monoisotopic (exact) mass is 318 g/mol. The van der Waals surface area contributed by atoms with E-state index in [1.807, 2.05) is 0 Å². The average Bonchev–Trinajstić information content (AvgIpc) is 2.33. The fourth-order valence-corrected chi connectivity index (χ4v) is 2.52. The van der Waals surface area contributed by atoms with Crippen LogP contribution in [0.2, 0.25) is 0 Å². The van der Waals surface area contributed by atoms with E-state index in [0.29, 0.717) is 16.8 Å². The lowest BCUT2D eigenvalue weighted by atomic mass is 9.94. The highest BCUT2D eigenvalue weighted by Crippen LogP contribution is 2.20. The quantitative estimate of drug-likeness (QED) is 0.626. The van der Waals surface area contributed by atoms with E-state index in [9.17, 15) is 4.39 Å². The molecule has 3 nitrogen and oxygen atoms in total. The number of hydrogen-bond donors (Lipinski definition) is 2. The number of hydrogen-bond acceptors (Lipinski definition) is 3. The SMILES string of the molecule is COC(C(C)C)C(Cc1ccc(F)c(Br)c1)NN. The number of methoxy groups -OCH3 is 1. The van der Waals surface area contributed by atoms with Gasteiger partial charge < -0.3 is 4.74 Å². The number of nitrogens with two attached hydrogens (primary N) is 1. The summed E-state index contributed by atoms with van der Waals surface area (Å²) in [4.78, 5) is 0. The smallest absolute Gasteiger partial charge is 0.137 e. The topological polar surface area (TPSA) is 47.3 Å². The summed E-state index contributed by atoms with van der Waals surface area (Å²) in [7, 11) is 1.68. The van der Waals surface area contributed by atoms with Crippen molar-refractivity contribution in [1.82, 2.24) is 5.43 Å². The summed E-state index contributed by atoms with van der Waals surface area (Å²) in [6, 6.07) is 4.97. The van der Waals surface area contributed by atoms with Gasteiger partial charge in [0, 0.05) is 7.11 Å². The van der Waals surface area contributed by atoms with E-state index in [-0.39, 0.29) is 18.0 Å². The van der Waals surface area contributed by atoms with Crippen LogP contribution in [-0.2, 0) is 11.2 Å². The highest BCUT2D eigenvalue weighted by molar-refractivity contribution is 9.10. The van der Waals surface area contributed by atoms with Crippen LogP contribution in [0.15, 0.2) is 22.7 Å². The molecular formula is C13H20BrFN2O. The summed E-state index contributed by atoms with van der Waals surface area (Å²) in [5, 5.41) is 0. The largest absolute Gasteiger partial charge is 0.380 e. The van der Waals surface area contributed by atoms with Gasteiger partial charge in [-0.1, -0.05) is 19.9 Å². The van der Waals surface area contributed by atoms with Gasteiger partial charge >= 0.3 is 0 Å². The van der Waals surface area contributed by atoms with Crippen molar-refractivity contribution in [2.75, 3.05) is 7.11 Å². The van der Waals surface area contributed by atoms with E-state index in [4.69, 9.17) is 10.6 Å². The van der Waals surface area contributed by atoms with Crippen LogP contribution in [-0.4, -0.2) is 19.3 Å². The summed E-state index contributed by atoms with van der Waals surface area (Å²) >= 11 is 3.18. The minimum atomic E-state index is -0.261. The molecule has 1 rings (SSSR count). The first kappa shape index (κ1) is 15.6. The Morgan fingerprint density at radius 1 is 1.44 bits per heavy atom. The van der Waals surface area contributed by atoms with Crippen molar-refractivity contribution in [3.05, 3.63) is 34.1 Å². The molecule has 0 radical (unpaired) electrons. The first-order chi connectivity index (χ1) is 8.49. The van der Waals surface area contributed by atoms with Gasteiger partial charge in [-0.2, -0.15) is 0 Å². The molecule has 0 amide bonds. The van der Waals surface area contributed by atoms with Crippen LogP contribution in [0.4, 0.5) is 4.39 Å². The first-order valence-corrected chi connectivity index (χ1v) is 6.71. The molecule has 102 valence electrons. The zero-order valence-electron chi connectivity index (χ0n) is 10.9. The number of hydrazine groups is 1. The van der Waals surface area contributed by atoms with Crippen LogP contribution in [0.1, 0.15) is 19.4 Å². The Hall–Kier alpha value is -0.490. The molecule has 2 atom stereocenters. The minimum absolute atomic E-state index is 0.00707. The zero-order chi connectivity index (χ0) is 13.7. The average molecular weight is 319 g/mol. The summed E-state index contributed by atoms with van der Waals surface area (Å²) in [6.45, 7) is 4.16. The maximum absolute atomic E-state index is 13.2. The molecule has 0 saturated heterocycles. The molecule has 0 spiro atoms. The number of halogens is 2. The lowest BCUT2D eigenvalue weighted by Gasteiger charge is -2.28. The zero-order valence-corrected chi connectivity index (χ0v) is 12.5. The third-order valence-electron chi connectivity index (χ3n) is 2.98. The Kier molecular flexibility index (Phi) is 6.21. The molecule has 0 aliphatic carbocycles. The van der Waals surface area contributed by atoms with Crippen molar-refractivity contribution in [2.24, 2.45) is 11.8 Å². The predicted molar refractivity (Wildman–Crippen MR) is 74.6 cm³/mol. The van der Waals surface area contributed by atoms with Crippen molar-refractivity contribution >= 4 is 15.9 Å². The van der Waals surface area contributed by atoms with Gasteiger partial charge in [-0.15, -0.1) is 0 Å². The molecule has 18 heavy (non-hydrogen) atoms. The lowest BCUT2D eigenvalue weighted by Crippen LogP contribution is -2.48. The summed E-state index contributed by atoms with van der Waals surface area (Å²) in [5.74, 6) is 5.67. The third kappa shape index (κ3) is 4.02. The van der Waals surface area contributed by atoms with Crippen LogP contribution >= 0.6 is 15.9 Å². The van der Waals surface area contributed by atoms with Crippen LogP contribution in [0.25, 0.3) is 0 Å². The van der Waals surface area contributed by atoms with E-state index < -0.39 is 0 Å². The van der Waals surface area contributed by atoms with Gasteiger partial charge in [-0.25, -0.2) is 4.39 Å². The number of benzene rings is 1. The maximum Gasteiger partial charge on any atom is 0.137 e. The predicted octanol–water partition coefficient (Wildman–Crippen LogP) is 2.63. The Labute approximate surface area is 116 Å². The molecule has 2 unspecified atom stereocenters. The molecule has 0 heterocycles. The molecule has 5 heteroatoms. The maximum atomic E-state index is 13.2. The standard InChI is InChI=1S/C13H20BrFN2O/c1-8(2)13(18-3)12(17-16)7-9-4-5-11(15)10(14)6-9/h4-6,8,12-13,17H,7,16H2,1-3H3. The van der Waals surface area contributed by atoms with Gasteiger partial charge in [0.1, 0.15) is 5.82 Å². The van der Waals surface area contributed by atoms with Crippen molar-refractivity contribution in [3.63, 3.8) is 0 Å². The van der Waals surface area contributed by atoms with Gasteiger partial charge in [0.2, 0.25) is 0 Å². The second-order valence-corrected chi connectivity index (χ2v) is 5.52. The minimum Gasteiger partial charge on any atom is -0.380 e. The van der Waals surface area contributed by atoms with Gasteiger partial charge in [0.25, 0.3) is 0 Å². The Morgan fingerprint density at radius 3 is 2.56 bits per heavy atom. The number of nitrogens with one attached hydrogen (secondary N) is 1. The first-order valence-electron chi connectivity index (χ1n) is 5.92. The Morgan fingerprint density at radius 2 is 2.11 bits per heavy atom. The molecule has 0 fully saturated rings. The molecule has 0 bridgehead atoms. The molecular weight excluding hydrogens is 299 g/mol. The van der Waals surface area contributed by atoms with E-state index >= 15 is 0 Å². The van der Waals surface area contributed by atoms with E-state index in [1.165, 1.54) is 6.07 Å². The van der Waals surface area contributed by atoms with Crippen molar-refractivity contribution in [1.29, 1.82) is 0 Å². The van der Waals surface area contributed by atoms with Crippen molar-refractivity contribution < 1.29 is 9.13 Å². The lowest BCUT2D eigenvalue weighted by molar-refractivity contribution is 0.0332. The van der Waals surface area contributed by atoms with E-state index in [2.05, 4.69) is 35.2 Å². The van der Waals surface area contributed by atoms with Gasteiger partial charge in [0.05, 0.1) is 16.6 Å². The summed E-state index contributed by atoms with van der Waals surface area (Å²) in [6.07, 6.45) is 0.699. The van der Waals surface area contributed by atoms with Gasteiger partial charge in [-0.05, 0) is 46.0 Å². The summed E-state index contributed by atoms with van der Waals surface area (Å²) in [5.41, 5.74) is 3.79. The molecule has 0 aliphatic rings. The van der Waals surface area contributed by atoms with Crippen molar-refractivity contribution in [2.45, 2.75) is 32.4 Å². The van der Waals surface area contributed by atoms with Crippen LogP contribution < -0.4 is 11.3 Å². The third-order valence-corrected chi connectivity index (χ3v) is 3.59. The Balaban J connectivity index is 2.81. The fourth-order valence-electron chi connectivity index (χ4n) is 2.09. The van der Waals surface area contributed by atoms with Gasteiger partial charge in [0.15, 0.2) is 0 Å². The Bertz CT molecular complexity index is 387. The molecule has 0 aromatic heterocycles. The number of ether oxygens (including phenoxy) is 1. The van der Waals surface area contributed by atoms with Crippen molar-refractivity contribution in [3.8, 4) is 0 Å². The molecule has 0 aliphatic heterocycles. The van der Waals surface area contributed by atoms with Crippen LogP contribution in [0.3, 0.4) is 0 Å². The van der Waals surface area contributed by atoms with Crippen LogP contribution in [0, 0.1) is 11.7 Å². The highest BCUT2D eigenvalue weighted by Gasteiger charge is 2.23. The second-order valence-electron chi connectivity index (χ2n) is 4.67. The number of rotatable bonds is 6. The van der Waals surface area contributed by atoms with Crippen LogP contribution in [0.5, 0.6) is 0 Å². The van der Waals surface area contributed by atoms with E-state index in [1.54, 1.807) is 19.2 Å².